The van der Waals surface area contributed by atoms with Gasteiger partial charge in [-0.1, -0.05) is 18.5 Å². The minimum atomic E-state index is -4.47. The Morgan fingerprint density at radius 3 is 2.41 bits per heavy atom. The molecule has 0 bridgehead atoms. The van der Waals surface area contributed by atoms with E-state index >= 15 is 0 Å². The van der Waals surface area contributed by atoms with E-state index in [1.807, 2.05) is 0 Å². The summed E-state index contributed by atoms with van der Waals surface area (Å²) in [5.41, 5.74) is -0.0172. The first-order chi connectivity index (χ1) is 7.77. The van der Waals surface area contributed by atoms with Crippen molar-refractivity contribution in [1.82, 2.24) is 5.32 Å². The molecule has 0 heterocycles. The zero-order chi connectivity index (χ0) is 13.2. The average Bonchev–Trinajstić information content (AvgIpc) is 2.19. The van der Waals surface area contributed by atoms with Crippen LogP contribution in [0.4, 0.5) is 17.6 Å². The molecule has 96 valence electrons. The first-order valence-electron chi connectivity index (χ1n) is 5.03. The number of hydrogen-bond acceptors (Lipinski definition) is 1. The van der Waals surface area contributed by atoms with Gasteiger partial charge in [-0.25, -0.2) is 4.39 Å². The molecule has 0 aliphatic carbocycles. The standard InChI is InChI=1S/C11H12ClF4N/c1-3-17-10(11(14,15)16)7-4-6(2)9(13)5-8(7)12/h4-5,10,17H,3H2,1-2H3. The number of aryl methyl sites for hydroxylation is 1. The van der Waals surface area contributed by atoms with E-state index in [1.165, 1.54) is 6.92 Å². The van der Waals surface area contributed by atoms with Gasteiger partial charge in [-0.2, -0.15) is 13.2 Å². The number of hydrogen-bond donors (Lipinski definition) is 1. The van der Waals surface area contributed by atoms with E-state index in [9.17, 15) is 17.6 Å². The highest BCUT2D eigenvalue weighted by Gasteiger charge is 2.41. The summed E-state index contributed by atoms with van der Waals surface area (Å²) in [4.78, 5) is 0. The molecule has 0 amide bonds. The Balaban J connectivity index is 3.23. The molecule has 1 atom stereocenters. The molecule has 0 aromatic heterocycles. The SMILES string of the molecule is CCNC(c1cc(C)c(F)cc1Cl)C(F)(F)F. The van der Waals surface area contributed by atoms with Crippen molar-refractivity contribution >= 4 is 11.6 Å². The van der Waals surface area contributed by atoms with Gasteiger partial charge in [0.15, 0.2) is 0 Å². The van der Waals surface area contributed by atoms with Crippen molar-refractivity contribution in [3.8, 4) is 0 Å². The van der Waals surface area contributed by atoms with Gasteiger partial charge < -0.3 is 5.32 Å². The van der Waals surface area contributed by atoms with Crippen molar-refractivity contribution in [2.45, 2.75) is 26.1 Å². The number of halogens is 5. The molecule has 0 saturated carbocycles. The highest BCUT2D eigenvalue weighted by atomic mass is 35.5. The monoisotopic (exact) mass is 269 g/mol. The van der Waals surface area contributed by atoms with Crippen LogP contribution in [0.25, 0.3) is 0 Å². The zero-order valence-electron chi connectivity index (χ0n) is 9.33. The second-order valence-corrected chi connectivity index (χ2v) is 4.06. The van der Waals surface area contributed by atoms with Crippen molar-refractivity contribution in [1.29, 1.82) is 0 Å². The van der Waals surface area contributed by atoms with Crippen molar-refractivity contribution in [3.05, 3.63) is 34.1 Å². The summed E-state index contributed by atoms with van der Waals surface area (Å²) >= 11 is 5.66. The van der Waals surface area contributed by atoms with E-state index in [0.29, 0.717) is 0 Å². The molecule has 1 aromatic carbocycles. The molecule has 0 aliphatic rings. The van der Waals surface area contributed by atoms with Gasteiger partial charge in [0.2, 0.25) is 0 Å². The van der Waals surface area contributed by atoms with Crippen LogP contribution in [0.1, 0.15) is 24.1 Å². The molecule has 1 unspecified atom stereocenters. The molecule has 1 N–H and O–H groups in total. The summed E-state index contributed by atoms with van der Waals surface area (Å²) in [5.74, 6) is -0.615. The Hall–Kier alpha value is -0.810. The molecule has 1 aromatic rings. The molecule has 0 spiro atoms. The Morgan fingerprint density at radius 1 is 1.35 bits per heavy atom. The maximum absolute atomic E-state index is 13.1. The van der Waals surface area contributed by atoms with Crippen molar-refractivity contribution < 1.29 is 17.6 Å². The number of alkyl halides is 3. The lowest BCUT2D eigenvalue weighted by Gasteiger charge is -2.22. The third-order valence-corrected chi connectivity index (χ3v) is 2.65. The molecular formula is C11H12ClF4N. The van der Waals surface area contributed by atoms with E-state index in [1.54, 1.807) is 6.92 Å². The normalized spacial score (nSPS) is 13.8. The summed E-state index contributed by atoms with van der Waals surface area (Å²) in [6.45, 7) is 3.09. The fraction of sp³-hybridized carbons (Fsp3) is 0.455. The molecule has 0 saturated heterocycles. The minimum Gasteiger partial charge on any atom is -0.303 e. The van der Waals surface area contributed by atoms with E-state index in [4.69, 9.17) is 11.6 Å². The smallest absolute Gasteiger partial charge is 0.303 e. The quantitative estimate of drug-likeness (QED) is 0.818. The predicted octanol–water partition coefficient (Wildman–Crippen LogP) is 4.00. The Bertz CT molecular complexity index is 403. The summed E-state index contributed by atoms with van der Waals surface area (Å²) < 4.78 is 51.5. The Kier molecular flexibility index (Phi) is 4.38. The van der Waals surface area contributed by atoms with Gasteiger partial charge >= 0.3 is 6.18 Å². The van der Waals surface area contributed by atoms with E-state index in [0.717, 1.165) is 12.1 Å². The highest BCUT2D eigenvalue weighted by molar-refractivity contribution is 6.31. The Labute approximate surface area is 102 Å². The largest absolute Gasteiger partial charge is 0.407 e. The molecule has 0 radical (unpaired) electrons. The van der Waals surface area contributed by atoms with Crippen LogP contribution in [0.15, 0.2) is 12.1 Å². The van der Waals surface area contributed by atoms with Gasteiger partial charge in [-0.3, -0.25) is 0 Å². The predicted molar refractivity (Wildman–Crippen MR) is 58.6 cm³/mol. The lowest BCUT2D eigenvalue weighted by molar-refractivity contribution is -0.157. The minimum absolute atomic E-state index is 0.136. The van der Waals surface area contributed by atoms with Crippen LogP contribution in [-0.2, 0) is 0 Å². The second-order valence-electron chi connectivity index (χ2n) is 3.66. The molecule has 1 rings (SSSR count). The van der Waals surface area contributed by atoms with Gasteiger partial charge in [0, 0.05) is 5.02 Å². The number of rotatable bonds is 3. The van der Waals surface area contributed by atoms with Crippen LogP contribution in [0, 0.1) is 12.7 Å². The molecule has 6 heteroatoms. The third-order valence-electron chi connectivity index (χ3n) is 2.32. The summed E-state index contributed by atoms with van der Waals surface area (Å²) in [5, 5.41) is 2.07. The zero-order valence-corrected chi connectivity index (χ0v) is 10.1. The third kappa shape index (κ3) is 3.33. The van der Waals surface area contributed by atoms with Gasteiger partial charge in [-0.05, 0) is 36.7 Å². The fourth-order valence-electron chi connectivity index (χ4n) is 1.51. The lowest BCUT2D eigenvalue weighted by atomic mass is 10.0. The summed E-state index contributed by atoms with van der Waals surface area (Å²) in [6, 6.07) is 0.153. The molecule has 17 heavy (non-hydrogen) atoms. The number of benzene rings is 1. The van der Waals surface area contributed by atoms with Crippen molar-refractivity contribution in [3.63, 3.8) is 0 Å². The maximum Gasteiger partial charge on any atom is 0.407 e. The topological polar surface area (TPSA) is 12.0 Å². The first kappa shape index (κ1) is 14.3. The van der Waals surface area contributed by atoms with Crippen LogP contribution in [0.2, 0.25) is 5.02 Å². The average molecular weight is 270 g/mol. The lowest BCUT2D eigenvalue weighted by Crippen LogP contribution is -2.34. The molecular weight excluding hydrogens is 258 g/mol. The van der Waals surface area contributed by atoms with Crippen LogP contribution < -0.4 is 5.32 Å². The Morgan fingerprint density at radius 2 is 1.94 bits per heavy atom. The van der Waals surface area contributed by atoms with E-state index in [-0.39, 0.29) is 22.7 Å². The fourth-order valence-corrected chi connectivity index (χ4v) is 1.77. The first-order valence-corrected chi connectivity index (χ1v) is 5.40. The van der Waals surface area contributed by atoms with Gasteiger partial charge in [0.05, 0.1) is 0 Å². The highest BCUT2D eigenvalue weighted by Crippen LogP contribution is 2.36. The van der Waals surface area contributed by atoms with Crippen LogP contribution in [-0.4, -0.2) is 12.7 Å². The summed E-state index contributed by atoms with van der Waals surface area (Å²) in [7, 11) is 0. The van der Waals surface area contributed by atoms with Crippen LogP contribution in [0.3, 0.4) is 0 Å². The van der Waals surface area contributed by atoms with Gasteiger partial charge in [0.25, 0.3) is 0 Å². The molecule has 1 nitrogen and oxygen atoms in total. The summed E-state index contributed by atoms with van der Waals surface area (Å²) in [6.07, 6.45) is -4.47. The maximum atomic E-state index is 13.1. The van der Waals surface area contributed by atoms with Gasteiger partial charge in [-0.15, -0.1) is 0 Å². The van der Waals surface area contributed by atoms with E-state index < -0.39 is 18.0 Å². The molecule has 0 fully saturated rings. The van der Waals surface area contributed by atoms with Crippen molar-refractivity contribution in [2.24, 2.45) is 0 Å². The molecule has 0 aliphatic heterocycles. The van der Waals surface area contributed by atoms with E-state index in [2.05, 4.69) is 5.32 Å². The van der Waals surface area contributed by atoms with Gasteiger partial charge in [0.1, 0.15) is 11.9 Å². The van der Waals surface area contributed by atoms with Crippen molar-refractivity contribution in [2.75, 3.05) is 6.54 Å². The van der Waals surface area contributed by atoms with Crippen LogP contribution in [0.5, 0.6) is 0 Å². The second kappa shape index (κ2) is 5.23. The number of nitrogens with one attached hydrogen (secondary N) is 1. The van der Waals surface area contributed by atoms with Crippen LogP contribution >= 0.6 is 11.6 Å².